The number of anilines is 1. The van der Waals surface area contributed by atoms with Crippen molar-refractivity contribution < 1.29 is 9.21 Å². The Morgan fingerprint density at radius 3 is 2.59 bits per heavy atom. The van der Waals surface area contributed by atoms with Crippen LogP contribution in [0.25, 0.3) is 17.4 Å². The number of carbonyl (C=O) groups excluding carboxylic acids is 1. The largest absolute Gasteiger partial charge is 0.457 e. The maximum Gasteiger partial charge on any atom is 0.266 e. The summed E-state index contributed by atoms with van der Waals surface area (Å²) in [6, 6.07) is 17.8. The number of nitrogens with one attached hydrogen (secondary N) is 1. The monoisotopic (exact) mass is 396 g/mol. The highest BCUT2D eigenvalue weighted by Crippen LogP contribution is 2.30. The molecule has 0 aliphatic heterocycles. The van der Waals surface area contributed by atoms with Gasteiger partial charge in [-0.2, -0.15) is 5.26 Å². The molecule has 0 bridgehead atoms. The highest BCUT2D eigenvalue weighted by molar-refractivity contribution is 6.42. The summed E-state index contributed by atoms with van der Waals surface area (Å²) in [5.74, 6) is 0.434. The lowest BCUT2D eigenvalue weighted by atomic mass is 10.1. The van der Waals surface area contributed by atoms with Crippen molar-refractivity contribution in [3.05, 3.63) is 81.5 Å². The van der Waals surface area contributed by atoms with Gasteiger partial charge in [-0.1, -0.05) is 41.4 Å². The van der Waals surface area contributed by atoms with Crippen molar-refractivity contribution in [3.8, 4) is 17.4 Å². The molecule has 0 aliphatic carbocycles. The van der Waals surface area contributed by atoms with E-state index in [2.05, 4.69) is 5.32 Å². The Labute approximate surface area is 166 Å². The molecule has 3 rings (SSSR count). The molecule has 1 heterocycles. The Morgan fingerprint density at radius 1 is 1.11 bits per heavy atom. The topological polar surface area (TPSA) is 66.0 Å². The summed E-state index contributed by atoms with van der Waals surface area (Å²) in [7, 11) is 0. The fourth-order valence-corrected chi connectivity index (χ4v) is 2.73. The Balaban J connectivity index is 1.83. The van der Waals surface area contributed by atoms with E-state index in [1.54, 1.807) is 36.4 Å². The number of carbonyl (C=O) groups is 1. The number of aryl methyl sites for hydroxylation is 1. The zero-order valence-corrected chi connectivity index (χ0v) is 15.8. The van der Waals surface area contributed by atoms with Crippen LogP contribution in [0.3, 0.4) is 0 Å². The van der Waals surface area contributed by atoms with Gasteiger partial charge < -0.3 is 9.73 Å². The fourth-order valence-electron chi connectivity index (χ4n) is 2.43. The van der Waals surface area contributed by atoms with E-state index in [4.69, 9.17) is 27.6 Å². The molecule has 0 saturated carbocycles. The lowest BCUT2D eigenvalue weighted by Gasteiger charge is -2.06. The first-order valence-electron chi connectivity index (χ1n) is 8.02. The van der Waals surface area contributed by atoms with Gasteiger partial charge in [0.1, 0.15) is 23.2 Å². The molecule has 2 aromatic carbocycles. The molecular formula is C21H14Cl2N2O2. The lowest BCUT2D eigenvalue weighted by molar-refractivity contribution is -0.112. The summed E-state index contributed by atoms with van der Waals surface area (Å²) in [5.41, 5.74) is 2.24. The van der Waals surface area contributed by atoms with Crippen LogP contribution < -0.4 is 5.32 Å². The lowest BCUT2D eigenvalue weighted by Crippen LogP contribution is -2.14. The van der Waals surface area contributed by atoms with E-state index in [0.717, 1.165) is 11.1 Å². The number of benzene rings is 2. The quantitative estimate of drug-likeness (QED) is 0.427. The Hall–Kier alpha value is -3.00. The molecule has 1 amide bonds. The molecule has 1 aromatic heterocycles. The summed E-state index contributed by atoms with van der Waals surface area (Å²) in [5, 5.41) is 12.9. The molecule has 3 aromatic rings. The van der Waals surface area contributed by atoms with E-state index in [1.807, 2.05) is 31.2 Å². The molecule has 6 heteroatoms. The molecule has 27 heavy (non-hydrogen) atoms. The second-order valence-corrected chi connectivity index (χ2v) is 6.58. The van der Waals surface area contributed by atoms with Crippen molar-refractivity contribution in [2.45, 2.75) is 6.92 Å². The maximum absolute atomic E-state index is 12.4. The number of furan rings is 1. The minimum Gasteiger partial charge on any atom is -0.457 e. The molecular weight excluding hydrogens is 383 g/mol. The van der Waals surface area contributed by atoms with Gasteiger partial charge in [0, 0.05) is 17.3 Å². The van der Waals surface area contributed by atoms with Crippen molar-refractivity contribution >= 4 is 40.9 Å². The van der Waals surface area contributed by atoms with E-state index in [0.29, 0.717) is 27.3 Å². The maximum atomic E-state index is 12.4. The van der Waals surface area contributed by atoms with Crippen LogP contribution in [0.1, 0.15) is 11.3 Å². The molecule has 0 fully saturated rings. The van der Waals surface area contributed by atoms with E-state index >= 15 is 0 Å². The van der Waals surface area contributed by atoms with Crippen molar-refractivity contribution in [2.75, 3.05) is 5.32 Å². The van der Waals surface area contributed by atoms with Gasteiger partial charge in [-0.25, -0.2) is 0 Å². The van der Waals surface area contributed by atoms with Crippen LogP contribution >= 0.6 is 23.2 Å². The van der Waals surface area contributed by atoms with E-state index in [-0.39, 0.29) is 5.57 Å². The number of hydrogen-bond acceptors (Lipinski definition) is 3. The van der Waals surface area contributed by atoms with Gasteiger partial charge in [0.05, 0.1) is 10.0 Å². The van der Waals surface area contributed by atoms with Crippen LogP contribution in [0.4, 0.5) is 5.69 Å². The van der Waals surface area contributed by atoms with Gasteiger partial charge in [-0.3, -0.25) is 4.79 Å². The number of nitriles is 1. The summed E-state index contributed by atoms with van der Waals surface area (Å²) in [6.07, 6.45) is 1.40. The highest BCUT2D eigenvalue weighted by atomic mass is 35.5. The van der Waals surface area contributed by atoms with E-state index in [9.17, 15) is 10.1 Å². The predicted molar refractivity (Wildman–Crippen MR) is 108 cm³/mol. The standard InChI is InChI=1S/C21H14Cl2N2O2/c1-13-4-2-3-5-19(13)25-21(26)15(12-24)10-16-7-9-20(27-16)14-6-8-17(22)18(23)11-14/h2-11H,1H3,(H,25,26)/b15-10+. The Bertz CT molecular complexity index is 1080. The normalized spacial score (nSPS) is 11.1. The molecule has 0 spiro atoms. The van der Waals surface area contributed by atoms with Crippen LogP contribution in [-0.4, -0.2) is 5.91 Å². The van der Waals surface area contributed by atoms with Crippen molar-refractivity contribution in [1.29, 1.82) is 5.26 Å². The van der Waals surface area contributed by atoms with Crippen LogP contribution in [0.15, 0.2) is 64.6 Å². The van der Waals surface area contributed by atoms with Gasteiger partial charge >= 0.3 is 0 Å². The molecule has 1 N–H and O–H groups in total. The van der Waals surface area contributed by atoms with Gasteiger partial charge in [-0.15, -0.1) is 0 Å². The van der Waals surface area contributed by atoms with Crippen molar-refractivity contribution in [3.63, 3.8) is 0 Å². The SMILES string of the molecule is Cc1ccccc1NC(=O)/C(C#N)=C/c1ccc(-c2ccc(Cl)c(Cl)c2)o1. The molecule has 4 nitrogen and oxygen atoms in total. The summed E-state index contributed by atoms with van der Waals surface area (Å²) < 4.78 is 5.71. The summed E-state index contributed by atoms with van der Waals surface area (Å²) >= 11 is 11.9. The minimum atomic E-state index is -0.501. The first-order valence-corrected chi connectivity index (χ1v) is 8.77. The predicted octanol–water partition coefficient (Wildman–Crippen LogP) is 6.11. The third-order valence-electron chi connectivity index (χ3n) is 3.88. The Morgan fingerprint density at radius 2 is 1.89 bits per heavy atom. The average molecular weight is 397 g/mol. The number of rotatable bonds is 4. The van der Waals surface area contributed by atoms with Gasteiger partial charge in [0.25, 0.3) is 5.91 Å². The molecule has 0 unspecified atom stereocenters. The van der Waals surface area contributed by atoms with Crippen LogP contribution in [-0.2, 0) is 4.79 Å². The number of hydrogen-bond donors (Lipinski definition) is 1. The van der Waals surface area contributed by atoms with E-state index < -0.39 is 5.91 Å². The molecule has 134 valence electrons. The summed E-state index contributed by atoms with van der Waals surface area (Å²) in [6.45, 7) is 1.88. The van der Waals surface area contributed by atoms with Gasteiger partial charge in [0.2, 0.25) is 0 Å². The second kappa shape index (κ2) is 8.13. The zero-order valence-electron chi connectivity index (χ0n) is 14.3. The number of amides is 1. The number of para-hydroxylation sites is 1. The first-order chi connectivity index (χ1) is 13.0. The van der Waals surface area contributed by atoms with E-state index in [1.165, 1.54) is 6.08 Å². The number of nitrogens with zero attached hydrogens (tertiary/aromatic N) is 1. The Kier molecular flexibility index (Phi) is 5.66. The van der Waals surface area contributed by atoms with Crippen LogP contribution in [0.2, 0.25) is 10.0 Å². The molecule has 0 aliphatic rings. The fraction of sp³-hybridized carbons (Fsp3) is 0.0476. The third kappa shape index (κ3) is 4.40. The smallest absolute Gasteiger partial charge is 0.266 e. The highest BCUT2D eigenvalue weighted by Gasteiger charge is 2.12. The molecule has 0 atom stereocenters. The van der Waals surface area contributed by atoms with Crippen LogP contribution in [0.5, 0.6) is 0 Å². The van der Waals surface area contributed by atoms with Crippen molar-refractivity contribution in [1.82, 2.24) is 0 Å². The van der Waals surface area contributed by atoms with Crippen molar-refractivity contribution in [2.24, 2.45) is 0 Å². The second-order valence-electron chi connectivity index (χ2n) is 5.77. The van der Waals surface area contributed by atoms with Gasteiger partial charge in [0.15, 0.2) is 0 Å². The molecule has 0 radical (unpaired) electrons. The third-order valence-corrected chi connectivity index (χ3v) is 4.61. The molecule has 0 saturated heterocycles. The number of halogens is 2. The van der Waals surface area contributed by atoms with Crippen LogP contribution in [0, 0.1) is 18.3 Å². The summed E-state index contributed by atoms with van der Waals surface area (Å²) in [4.78, 5) is 12.4. The first kappa shape index (κ1) is 18.8. The zero-order chi connectivity index (χ0) is 19.4. The average Bonchev–Trinajstić information content (AvgIpc) is 3.12. The van der Waals surface area contributed by atoms with Gasteiger partial charge in [-0.05, 0) is 48.9 Å². The minimum absolute atomic E-state index is 0.0618.